The molecule has 0 radical (unpaired) electrons. The van der Waals surface area contributed by atoms with E-state index in [0.29, 0.717) is 13.2 Å². The first-order valence-electron chi connectivity index (χ1n) is 10.5. The van der Waals surface area contributed by atoms with Crippen LogP contribution >= 0.6 is 0 Å². The van der Waals surface area contributed by atoms with Crippen molar-refractivity contribution < 1.29 is 19.1 Å². The largest absolute Gasteiger partial charge is 0.494 e. The zero-order chi connectivity index (χ0) is 21.3. The van der Waals surface area contributed by atoms with Gasteiger partial charge in [0.2, 0.25) is 5.96 Å². The summed E-state index contributed by atoms with van der Waals surface area (Å²) < 4.78 is 10.6. The van der Waals surface area contributed by atoms with Crippen LogP contribution in [-0.2, 0) is 9.53 Å². The smallest absolute Gasteiger partial charge is 0.328 e. The summed E-state index contributed by atoms with van der Waals surface area (Å²) in [5.74, 6) is 1.38. The summed E-state index contributed by atoms with van der Waals surface area (Å²) in [5, 5.41) is 0. The Morgan fingerprint density at radius 2 is 1.87 bits per heavy atom. The topological polar surface area (TPSA) is 77.9 Å². The van der Waals surface area contributed by atoms with E-state index in [0.717, 1.165) is 43.3 Å². The van der Waals surface area contributed by atoms with Crippen molar-refractivity contribution in [3.05, 3.63) is 24.3 Å². The molecule has 2 unspecified atom stereocenters. The first-order chi connectivity index (χ1) is 14.6. The van der Waals surface area contributed by atoms with E-state index in [4.69, 9.17) is 14.5 Å². The van der Waals surface area contributed by atoms with Gasteiger partial charge in [-0.25, -0.2) is 9.79 Å². The molecule has 0 bridgehead atoms. The SMILES string of the molecule is CCOc1ccc(N2CCCCN3C2=NC2C3C(=O)N(CCOC)C(=O)N2C)cc1. The van der Waals surface area contributed by atoms with Crippen molar-refractivity contribution in [1.29, 1.82) is 0 Å². The molecule has 3 aliphatic rings. The average Bonchev–Trinajstić information content (AvgIpc) is 3.01. The number of fused-ring (bicyclic) bond motifs is 3. The summed E-state index contributed by atoms with van der Waals surface area (Å²) in [6, 6.07) is 7.10. The number of hydrogen-bond acceptors (Lipinski definition) is 7. The summed E-state index contributed by atoms with van der Waals surface area (Å²) in [6.07, 6.45) is 1.44. The van der Waals surface area contributed by atoms with Gasteiger partial charge in [0.15, 0.2) is 12.2 Å². The first-order valence-corrected chi connectivity index (χ1v) is 10.5. The van der Waals surface area contributed by atoms with Crippen LogP contribution in [0.25, 0.3) is 0 Å². The van der Waals surface area contributed by atoms with Crippen molar-refractivity contribution in [2.45, 2.75) is 32.0 Å². The van der Waals surface area contributed by atoms with Crippen LogP contribution in [-0.4, -0.2) is 91.8 Å². The lowest BCUT2D eigenvalue weighted by Gasteiger charge is -2.41. The molecule has 2 fully saturated rings. The Labute approximate surface area is 176 Å². The Balaban J connectivity index is 1.64. The Morgan fingerprint density at radius 1 is 1.13 bits per heavy atom. The van der Waals surface area contributed by atoms with Crippen LogP contribution in [0.5, 0.6) is 5.75 Å². The number of rotatable bonds is 6. The highest BCUT2D eigenvalue weighted by Gasteiger charge is 2.53. The lowest BCUT2D eigenvalue weighted by atomic mass is 10.1. The molecule has 0 N–H and O–H groups in total. The normalized spacial score (nSPS) is 23.9. The molecule has 0 aliphatic carbocycles. The van der Waals surface area contributed by atoms with E-state index in [9.17, 15) is 9.59 Å². The minimum Gasteiger partial charge on any atom is -0.494 e. The molecule has 162 valence electrons. The quantitative estimate of drug-likeness (QED) is 0.702. The number of ether oxygens (including phenoxy) is 2. The first kappa shape index (κ1) is 20.5. The Morgan fingerprint density at radius 3 is 2.57 bits per heavy atom. The molecule has 0 aromatic heterocycles. The third kappa shape index (κ3) is 3.47. The van der Waals surface area contributed by atoms with E-state index in [1.807, 2.05) is 31.2 Å². The lowest BCUT2D eigenvalue weighted by Crippen LogP contribution is -2.65. The standard InChI is InChI=1S/C21H29N5O4/c1-4-30-16-9-7-15(8-10-16)24-11-5-6-12-25-17-18(22-20(24)25)23(2)21(28)26(19(17)27)13-14-29-3/h7-10,17-18H,4-6,11-14H2,1-3H3. The average molecular weight is 415 g/mol. The molecule has 0 spiro atoms. The maximum Gasteiger partial charge on any atom is 0.328 e. The van der Waals surface area contributed by atoms with E-state index in [-0.39, 0.29) is 18.5 Å². The van der Waals surface area contributed by atoms with Gasteiger partial charge in [0.1, 0.15) is 5.75 Å². The molecular formula is C21H29N5O4. The van der Waals surface area contributed by atoms with E-state index >= 15 is 0 Å². The van der Waals surface area contributed by atoms with Crippen LogP contribution in [0.15, 0.2) is 29.3 Å². The van der Waals surface area contributed by atoms with Gasteiger partial charge in [-0.3, -0.25) is 9.69 Å². The number of carbonyl (C=O) groups is 2. The molecule has 3 aliphatic heterocycles. The minimum atomic E-state index is -0.512. The molecule has 9 heteroatoms. The summed E-state index contributed by atoms with van der Waals surface area (Å²) in [7, 11) is 3.27. The zero-order valence-electron chi connectivity index (χ0n) is 17.8. The monoisotopic (exact) mass is 415 g/mol. The van der Waals surface area contributed by atoms with Crippen LogP contribution in [0.2, 0.25) is 0 Å². The number of imide groups is 1. The highest BCUT2D eigenvalue weighted by atomic mass is 16.5. The maximum absolute atomic E-state index is 13.3. The van der Waals surface area contributed by atoms with Crippen molar-refractivity contribution in [2.24, 2.45) is 4.99 Å². The molecule has 3 heterocycles. The second-order valence-electron chi connectivity index (χ2n) is 7.64. The third-order valence-electron chi connectivity index (χ3n) is 5.82. The second kappa shape index (κ2) is 8.51. The third-order valence-corrected chi connectivity index (χ3v) is 5.82. The van der Waals surface area contributed by atoms with Gasteiger partial charge in [0, 0.05) is 32.9 Å². The van der Waals surface area contributed by atoms with Gasteiger partial charge in [-0.15, -0.1) is 0 Å². The van der Waals surface area contributed by atoms with Crippen molar-refractivity contribution in [1.82, 2.24) is 14.7 Å². The van der Waals surface area contributed by atoms with E-state index in [1.165, 1.54) is 4.90 Å². The molecule has 3 amide bonds. The van der Waals surface area contributed by atoms with Crippen molar-refractivity contribution in [3.63, 3.8) is 0 Å². The van der Waals surface area contributed by atoms with Gasteiger partial charge in [-0.1, -0.05) is 0 Å². The fourth-order valence-electron chi connectivity index (χ4n) is 4.30. The van der Waals surface area contributed by atoms with Crippen LogP contribution in [0.3, 0.4) is 0 Å². The van der Waals surface area contributed by atoms with Gasteiger partial charge in [0.05, 0.1) is 19.8 Å². The molecule has 2 saturated heterocycles. The summed E-state index contributed by atoms with van der Waals surface area (Å²) in [6.45, 7) is 4.68. The number of carbonyl (C=O) groups excluding carboxylic acids is 2. The Kier molecular flexibility index (Phi) is 5.80. The highest BCUT2D eigenvalue weighted by molar-refractivity contribution is 6.07. The van der Waals surface area contributed by atoms with Gasteiger partial charge in [-0.2, -0.15) is 0 Å². The number of hydrogen-bond donors (Lipinski definition) is 0. The molecular weight excluding hydrogens is 386 g/mol. The number of nitrogens with zero attached hydrogens (tertiary/aromatic N) is 5. The number of anilines is 1. The fourth-order valence-corrected chi connectivity index (χ4v) is 4.30. The number of benzene rings is 1. The molecule has 0 saturated carbocycles. The van der Waals surface area contributed by atoms with Crippen LogP contribution in [0.1, 0.15) is 19.8 Å². The van der Waals surface area contributed by atoms with Crippen LogP contribution in [0.4, 0.5) is 10.5 Å². The Hall–Kier alpha value is -2.81. The predicted octanol–water partition coefficient (Wildman–Crippen LogP) is 1.59. The van der Waals surface area contributed by atoms with Crippen LogP contribution < -0.4 is 9.64 Å². The van der Waals surface area contributed by atoms with E-state index in [2.05, 4.69) is 9.80 Å². The van der Waals surface area contributed by atoms with Crippen LogP contribution in [0, 0.1) is 0 Å². The number of urea groups is 1. The summed E-state index contributed by atoms with van der Waals surface area (Å²) in [5.41, 5.74) is 1.00. The highest BCUT2D eigenvalue weighted by Crippen LogP contribution is 2.32. The molecule has 1 aromatic rings. The zero-order valence-corrected chi connectivity index (χ0v) is 17.8. The molecule has 1 aromatic carbocycles. The maximum atomic E-state index is 13.3. The van der Waals surface area contributed by atoms with Gasteiger partial charge >= 0.3 is 6.03 Å². The van der Waals surface area contributed by atoms with E-state index < -0.39 is 12.2 Å². The summed E-state index contributed by atoms with van der Waals surface area (Å²) >= 11 is 0. The number of likely N-dealkylation sites (N-methyl/N-ethyl adjacent to an activating group) is 1. The van der Waals surface area contributed by atoms with Crippen molar-refractivity contribution in [3.8, 4) is 5.75 Å². The molecule has 9 nitrogen and oxygen atoms in total. The molecule has 4 rings (SSSR count). The number of methoxy groups -OCH3 is 1. The minimum absolute atomic E-state index is 0.201. The Bertz CT molecular complexity index is 827. The molecule has 2 atom stereocenters. The predicted molar refractivity (Wildman–Crippen MR) is 113 cm³/mol. The number of amides is 3. The summed E-state index contributed by atoms with van der Waals surface area (Å²) in [4.78, 5) is 38.0. The second-order valence-corrected chi connectivity index (χ2v) is 7.64. The fraction of sp³-hybridized carbons (Fsp3) is 0.571. The van der Waals surface area contributed by atoms with Crippen molar-refractivity contribution >= 4 is 23.6 Å². The van der Waals surface area contributed by atoms with Gasteiger partial charge < -0.3 is 24.2 Å². The van der Waals surface area contributed by atoms with E-state index in [1.54, 1.807) is 19.1 Å². The number of aliphatic imine (C=N–C) groups is 1. The lowest BCUT2D eigenvalue weighted by molar-refractivity contribution is -0.138. The van der Waals surface area contributed by atoms with Gasteiger partial charge in [-0.05, 0) is 44.0 Å². The van der Waals surface area contributed by atoms with Gasteiger partial charge in [0.25, 0.3) is 5.91 Å². The number of guanidine groups is 1. The molecule has 30 heavy (non-hydrogen) atoms. The van der Waals surface area contributed by atoms with Crippen molar-refractivity contribution in [2.75, 3.05) is 51.9 Å².